The predicted molar refractivity (Wildman–Crippen MR) is 65.4 cm³/mol. The van der Waals surface area contributed by atoms with Crippen molar-refractivity contribution in [2.75, 3.05) is 0 Å². The van der Waals surface area contributed by atoms with Gasteiger partial charge in [-0.15, -0.1) is 0 Å². The van der Waals surface area contributed by atoms with E-state index in [-0.39, 0.29) is 16.3 Å². The molecule has 0 saturated heterocycles. The van der Waals surface area contributed by atoms with E-state index in [0.29, 0.717) is 6.42 Å². The fraction of sp³-hybridized carbons (Fsp3) is 0.385. The summed E-state index contributed by atoms with van der Waals surface area (Å²) in [7, 11) is 0. The zero-order chi connectivity index (χ0) is 11.9. The Morgan fingerprint density at radius 1 is 1.69 bits per heavy atom. The van der Waals surface area contributed by atoms with Crippen molar-refractivity contribution in [2.45, 2.75) is 26.7 Å². The molecule has 1 N–H and O–H groups in total. The highest BCUT2D eigenvalue weighted by Gasteiger charge is 2.40. The third-order valence-electron chi connectivity index (χ3n) is 3.24. The van der Waals surface area contributed by atoms with Crippen LogP contribution in [0.3, 0.4) is 0 Å². The molecule has 1 aliphatic carbocycles. The number of hydrogen-bond acceptors (Lipinski definition) is 1. The van der Waals surface area contributed by atoms with Crippen molar-refractivity contribution < 1.29 is 4.39 Å². The van der Waals surface area contributed by atoms with Gasteiger partial charge < -0.3 is 5.32 Å². The summed E-state index contributed by atoms with van der Waals surface area (Å²) in [4.78, 5) is 0. The molecule has 0 aromatic heterocycles. The van der Waals surface area contributed by atoms with Crippen LogP contribution in [0, 0.1) is 5.41 Å². The van der Waals surface area contributed by atoms with E-state index in [1.807, 2.05) is 20.0 Å². The van der Waals surface area contributed by atoms with Crippen LogP contribution in [-0.2, 0) is 0 Å². The third-order valence-corrected chi connectivity index (χ3v) is 3.55. The molecule has 0 fully saturated rings. The Balaban J connectivity index is 2.33. The molecule has 0 saturated carbocycles. The Morgan fingerprint density at radius 3 is 3.00 bits per heavy atom. The summed E-state index contributed by atoms with van der Waals surface area (Å²) in [5.41, 5.74) is 2.96. The molecule has 0 aromatic carbocycles. The molecular weight excluding hydrogens is 225 g/mol. The molecule has 2 rings (SSSR count). The molecule has 2 aliphatic rings. The molecule has 16 heavy (non-hydrogen) atoms. The van der Waals surface area contributed by atoms with Gasteiger partial charge in [0.25, 0.3) is 0 Å². The number of fused-ring (bicyclic) bond motifs is 1. The van der Waals surface area contributed by atoms with Crippen LogP contribution in [0.2, 0.25) is 0 Å². The standard InChI is InChI=1S/C13H15ClFN/c1-8(2)4-9-7-16-12-5-10(14)11(15)6-13(9,12)3/h5,7,16H,1,4,6H2,2-3H3. The van der Waals surface area contributed by atoms with Crippen molar-refractivity contribution in [1.82, 2.24) is 5.32 Å². The van der Waals surface area contributed by atoms with E-state index in [1.165, 1.54) is 5.57 Å². The minimum atomic E-state index is -0.276. The van der Waals surface area contributed by atoms with Crippen LogP contribution in [0.15, 0.2) is 46.6 Å². The van der Waals surface area contributed by atoms with Crippen molar-refractivity contribution in [2.24, 2.45) is 5.41 Å². The lowest BCUT2D eigenvalue weighted by atomic mass is 9.74. The van der Waals surface area contributed by atoms with E-state index in [4.69, 9.17) is 11.6 Å². The highest BCUT2D eigenvalue weighted by molar-refractivity contribution is 6.31. The molecule has 0 aromatic rings. The van der Waals surface area contributed by atoms with E-state index in [2.05, 4.69) is 11.9 Å². The van der Waals surface area contributed by atoms with Gasteiger partial charge in [-0.25, -0.2) is 4.39 Å². The summed E-state index contributed by atoms with van der Waals surface area (Å²) in [5, 5.41) is 3.39. The molecule has 1 atom stereocenters. The van der Waals surface area contributed by atoms with Gasteiger partial charge in [-0.1, -0.05) is 23.8 Å². The van der Waals surface area contributed by atoms with Gasteiger partial charge in [-0.2, -0.15) is 0 Å². The second kappa shape index (κ2) is 3.77. The molecule has 3 heteroatoms. The van der Waals surface area contributed by atoms with Crippen LogP contribution in [0.5, 0.6) is 0 Å². The normalized spacial score (nSPS) is 28.2. The zero-order valence-electron chi connectivity index (χ0n) is 9.53. The van der Waals surface area contributed by atoms with Crippen molar-refractivity contribution >= 4 is 11.6 Å². The summed E-state index contributed by atoms with van der Waals surface area (Å²) in [6.07, 6.45) is 4.76. The van der Waals surface area contributed by atoms with Gasteiger partial charge in [0.1, 0.15) is 5.83 Å². The lowest BCUT2D eigenvalue weighted by molar-refractivity contribution is 0.408. The highest BCUT2D eigenvalue weighted by Crippen LogP contribution is 2.49. The largest absolute Gasteiger partial charge is 0.364 e. The van der Waals surface area contributed by atoms with Crippen LogP contribution >= 0.6 is 11.6 Å². The lowest BCUT2D eigenvalue weighted by Crippen LogP contribution is -2.25. The Labute approximate surface area is 100 Å². The van der Waals surface area contributed by atoms with E-state index in [9.17, 15) is 4.39 Å². The van der Waals surface area contributed by atoms with E-state index >= 15 is 0 Å². The number of rotatable bonds is 2. The zero-order valence-corrected chi connectivity index (χ0v) is 10.3. The Bertz CT molecular complexity index is 445. The first kappa shape index (κ1) is 11.5. The Kier molecular flexibility index (Phi) is 2.70. The molecule has 1 aliphatic heterocycles. The average Bonchev–Trinajstić information content (AvgIpc) is 2.45. The van der Waals surface area contributed by atoms with Crippen LogP contribution in [0.25, 0.3) is 0 Å². The van der Waals surface area contributed by atoms with Crippen molar-refractivity contribution in [1.29, 1.82) is 0 Å². The fourth-order valence-electron chi connectivity index (χ4n) is 2.24. The molecular formula is C13H15ClFN. The summed E-state index contributed by atoms with van der Waals surface area (Å²) in [6.45, 7) is 7.92. The Hall–Kier alpha value is -1.02. The first-order chi connectivity index (χ1) is 7.43. The lowest BCUT2D eigenvalue weighted by Gasteiger charge is -2.31. The van der Waals surface area contributed by atoms with Gasteiger partial charge in [0.15, 0.2) is 0 Å². The van der Waals surface area contributed by atoms with E-state index in [1.54, 1.807) is 6.08 Å². The predicted octanol–water partition coefficient (Wildman–Crippen LogP) is 4.15. The monoisotopic (exact) mass is 239 g/mol. The van der Waals surface area contributed by atoms with Crippen LogP contribution in [0.4, 0.5) is 4.39 Å². The van der Waals surface area contributed by atoms with Crippen molar-refractivity contribution in [3.63, 3.8) is 0 Å². The van der Waals surface area contributed by atoms with Crippen LogP contribution < -0.4 is 5.32 Å². The van der Waals surface area contributed by atoms with E-state index in [0.717, 1.165) is 17.7 Å². The maximum absolute atomic E-state index is 13.6. The van der Waals surface area contributed by atoms with Gasteiger partial charge in [0.2, 0.25) is 0 Å². The summed E-state index contributed by atoms with van der Waals surface area (Å²) < 4.78 is 13.6. The molecule has 0 amide bonds. The SMILES string of the molecule is C=C(C)CC1=CNC2=CC(Cl)=C(F)CC12C. The van der Waals surface area contributed by atoms with Crippen LogP contribution in [-0.4, -0.2) is 0 Å². The molecule has 86 valence electrons. The minimum Gasteiger partial charge on any atom is -0.364 e. The molecule has 0 radical (unpaired) electrons. The first-order valence-corrected chi connectivity index (χ1v) is 5.68. The third kappa shape index (κ3) is 1.71. The number of nitrogens with one attached hydrogen (secondary N) is 1. The minimum absolute atomic E-state index is 0.213. The second-order valence-electron chi connectivity index (χ2n) is 4.77. The summed E-state index contributed by atoms with van der Waals surface area (Å²) >= 11 is 5.80. The van der Waals surface area contributed by atoms with Gasteiger partial charge >= 0.3 is 0 Å². The smallest absolute Gasteiger partial charge is 0.120 e. The van der Waals surface area contributed by atoms with Crippen molar-refractivity contribution in [3.05, 3.63) is 46.6 Å². The number of allylic oxidation sites excluding steroid dienone is 5. The molecule has 0 spiro atoms. The molecule has 1 heterocycles. The average molecular weight is 240 g/mol. The summed E-state index contributed by atoms with van der Waals surface area (Å²) in [6, 6.07) is 0. The number of hydrogen-bond donors (Lipinski definition) is 1. The quantitative estimate of drug-likeness (QED) is 0.714. The van der Waals surface area contributed by atoms with Gasteiger partial charge in [-0.3, -0.25) is 0 Å². The fourth-order valence-corrected chi connectivity index (χ4v) is 2.41. The second-order valence-corrected chi connectivity index (χ2v) is 5.17. The molecule has 1 unspecified atom stereocenters. The maximum Gasteiger partial charge on any atom is 0.120 e. The van der Waals surface area contributed by atoms with Crippen molar-refractivity contribution in [3.8, 4) is 0 Å². The topological polar surface area (TPSA) is 12.0 Å². The highest BCUT2D eigenvalue weighted by atomic mass is 35.5. The first-order valence-electron chi connectivity index (χ1n) is 5.30. The van der Waals surface area contributed by atoms with Gasteiger partial charge in [0.05, 0.1) is 5.03 Å². The van der Waals surface area contributed by atoms with Crippen LogP contribution in [0.1, 0.15) is 26.7 Å². The molecule has 1 nitrogen and oxygen atoms in total. The summed E-state index contributed by atoms with van der Waals surface area (Å²) in [5.74, 6) is -0.232. The molecule has 0 bridgehead atoms. The Morgan fingerprint density at radius 2 is 2.38 bits per heavy atom. The van der Waals surface area contributed by atoms with Gasteiger partial charge in [-0.05, 0) is 31.9 Å². The number of halogens is 2. The maximum atomic E-state index is 13.6. The van der Waals surface area contributed by atoms with Gasteiger partial charge in [0, 0.05) is 23.7 Å². The van der Waals surface area contributed by atoms with E-state index < -0.39 is 0 Å².